The summed E-state index contributed by atoms with van der Waals surface area (Å²) in [6.45, 7) is 0. The highest BCUT2D eigenvalue weighted by molar-refractivity contribution is 5.94. The second-order valence-electron chi connectivity index (χ2n) is 5.32. The van der Waals surface area contributed by atoms with Crippen molar-refractivity contribution in [2.24, 2.45) is 5.92 Å². The first-order valence-corrected chi connectivity index (χ1v) is 7.25. The first-order valence-electron chi connectivity index (χ1n) is 7.25. The van der Waals surface area contributed by atoms with E-state index in [9.17, 15) is 4.79 Å². The number of H-pyrrole nitrogens is 1. The summed E-state index contributed by atoms with van der Waals surface area (Å²) in [4.78, 5) is 19.9. The Morgan fingerprint density at radius 2 is 2.23 bits per heavy atom. The van der Waals surface area contributed by atoms with Gasteiger partial charge in [-0.2, -0.15) is 0 Å². The normalized spacial score (nSPS) is 16.7. The fourth-order valence-corrected chi connectivity index (χ4v) is 2.77. The average Bonchev–Trinajstić information content (AvgIpc) is 3.02. The summed E-state index contributed by atoms with van der Waals surface area (Å²) in [5.74, 6) is 1.22. The molecule has 0 bridgehead atoms. The molecule has 1 unspecified atom stereocenters. The third-order valence-corrected chi connectivity index (χ3v) is 4.02. The average molecular weight is 301 g/mol. The quantitative estimate of drug-likeness (QED) is 0.907. The van der Waals surface area contributed by atoms with Crippen LogP contribution in [0.5, 0.6) is 11.5 Å². The summed E-state index contributed by atoms with van der Waals surface area (Å²) in [5.41, 5.74) is 2.76. The second kappa shape index (κ2) is 6.09. The largest absolute Gasteiger partial charge is 0.497 e. The van der Waals surface area contributed by atoms with Gasteiger partial charge < -0.3 is 19.8 Å². The van der Waals surface area contributed by atoms with Gasteiger partial charge in [0.15, 0.2) is 0 Å². The minimum atomic E-state index is -0.0659. The maximum atomic E-state index is 12.5. The lowest BCUT2D eigenvalue weighted by atomic mass is 9.89. The number of aryl methyl sites for hydroxylation is 1. The molecule has 22 heavy (non-hydrogen) atoms. The summed E-state index contributed by atoms with van der Waals surface area (Å²) in [6, 6.07) is 5.34. The number of carbonyl (C=O) groups excluding carboxylic acids is 1. The molecule has 1 aliphatic rings. The number of aromatic amines is 1. The van der Waals surface area contributed by atoms with Gasteiger partial charge in [-0.05, 0) is 25.0 Å². The van der Waals surface area contributed by atoms with E-state index in [4.69, 9.17) is 9.47 Å². The zero-order valence-corrected chi connectivity index (χ0v) is 12.7. The molecule has 0 saturated carbocycles. The third kappa shape index (κ3) is 2.77. The van der Waals surface area contributed by atoms with Crippen molar-refractivity contribution in [3.8, 4) is 11.5 Å². The Labute approximate surface area is 128 Å². The van der Waals surface area contributed by atoms with E-state index < -0.39 is 0 Å². The maximum Gasteiger partial charge on any atom is 0.227 e. The number of hydrogen-bond donors (Lipinski definition) is 2. The Morgan fingerprint density at radius 3 is 3.00 bits per heavy atom. The molecule has 1 aromatic heterocycles. The molecule has 116 valence electrons. The lowest BCUT2D eigenvalue weighted by molar-refractivity contribution is -0.120. The van der Waals surface area contributed by atoms with Crippen LogP contribution in [0.15, 0.2) is 24.5 Å². The van der Waals surface area contributed by atoms with E-state index in [0.29, 0.717) is 23.6 Å². The van der Waals surface area contributed by atoms with E-state index in [1.54, 1.807) is 38.7 Å². The van der Waals surface area contributed by atoms with Crippen molar-refractivity contribution in [3.05, 3.63) is 35.9 Å². The summed E-state index contributed by atoms with van der Waals surface area (Å²) >= 11 is 0. The fraction of sp³-hybridized carbons (Fsp3) is 0.375. The number of rotatable bonds is 4. The Kier molecular flexibility index (Phi) is 4.00. The van der Waals surface area contributed by atoms with E-state index in [0.717, 1.165) is 24.2 Å². The lowest BCUT2D eigenvalue weighted by Crippen LogP contribution is -2.28. The van der Waals surface area contributed by atoms with Crippen LogP contribution < -0.4 is 14.8 Å². The molecule has 3 rings (SSSR count). The van der Waals surface area contributed by atoms with Gasteiger partial charge in [0.1, 0.15) is 11.5 Å². The third-order valence-electron chi connectivity index (χ3n) is 4.02. The molecule has 6 heteroatoms. The van der Waals surface area contributed by atoms with Crippen LogP contribution in [0.3, 0.4) is 0 Å². The molecule has 2 aromatic rings. The number of nitrogens with one attached hydrogen (secondary N) is 2. The number of anilines is 1. The van der Waals surface area contributed by atoms with Crippen LogP contribution >= 0.6 is 0 Å². The predicted octanol–water partition coefficient (Wildman–Crippen LogP) is 2.17. The molecule has 1 aromatic carbocycles. The van der Waals surface area contributed by atoms with Crippen molar-refractivity contribution in [1.82, 2.24) is 9.97 Å². The van der Waals surface area contributed by atoms with Gasteiger partial charge in [-0.3, -0.25) is 4.79 Å². The number of methoxy groups -OCH3 is 2. The first kappa shape index (κ1) is 14.4. The predicted molar refractivity (Wildman–Crippen MR) is 82.3 cm³/mol. The Balaban J connectivity index is 1.74. The molecule has 1 amide bonds. The summed E-state index contributed by atoms with van der Waals surface area (Å²) < 4.78 is 10.5. The van der Waals surface area contributed by atoms with Crippen LogP contribution in [0.1, 0.15) is 17.8 Å². The highest BCUT2D eigenvalue weighted by Gasteiger charge is 2.26. The molecule has 1 atom stereocenters. The summed E-state index contributed by atoms with van der Waals surface area (Å²) in [5, 5.41) is 2.95. The number of benzene rings is 1. The number of carbonyl (C=O) groups is 1. The molecule has 0 spiro atoms. The number of ether oxygens (including phenoxy) is 2. The van der Waals surface area contributed by atoms with Gasteiger partial charge in [-0.1, -0.05) is 0 Å². The number of amides is 1. The summed E-state index contributed by atoms with van der Waals surface area (Å²) in [7, 11) is 3.17. The summed E-state index contributed by atoms with van der Waals surface area (Å²) in [6.07, 6.45) is 4.01. The molecule has 6 nitrogen and oxygen atoms in total. The van der Waals surface area contributed by atoms with Crippen molar-refractivity contribution in [3.63, 3.8) is 0 Å². The molecule has 1 aliphatic carbocycles. The van der Waals surface area contributed by atoms with Crippen LogP contribution in [0.4, 0.5) is 5.69 Å². The molecule has 0 radical (unpaired) electrons. The minimum absolute atomic E-state index is 0.00759. The van der Waals surface area contributed by atoms with Crippen LogP contribution in [0.2, 0.25) is 0 Å². The first-order chi connectivity index (χ1) is 10.7. The van der Waals surface area contributed by atoms with E-state index in [-0.39, 0.29) is 11.8 Å². The zero-order valence-electron chi connectivity index (χ0n) is 12.7. The molecule has 2 N–H and O–H groups in total. The number of imidazole rings is 1. The van der Waals surface area contributed by atoms with Gasteiger partial charge in [0.05, 0.1) is 31.9 Å². The Hall–Kier alpha value is -2.50. The number of fused-ring (bicyclic) bond motifs is 1. The molecule has 0 fully saturated rings. The molecular weight excluding hydrogens is 282 g/mol. The smallest absolute Gasteiger partial charge is 0.227 e. The molecule has 1 heterocycles. The number of aromatic nitrogens is 2. The van der Waals surface area contributed by atoms with E-state index in [1.165, 1.54) is 0 Å². The Morgan fingerprint density at radius 1 is 1.36 bits per heavy atom. The lowest BCUT2D eigenvalue weighted by Gasteiger charge is -2.21. The Bertz CT molecular complexity index is 681. The number of nitrogens with zero attached hydrogens (tertiary/aromatic N) is 1. The van der Waals surface area contributed by atoms with E-state index >= 15 is 0 Å². The minimum Gasteiger partial charge on any atom is -0.497 e. The second-order valence-corrected chi connectivity index (χ2v) is 5.32. The maximum absolute atomic E-state index is 12.5. The molecular formula is C16H19N3O3. The van der Waals surface area contributed by atoms with Gasteiger partial charge in [0.25, 0.3) is 0 Å². The van der Waals surface area contributed by atoms with Crippen LogP contribution in [-0.4, -0.2) is 30.1 Å². The van der Waals surface area contributed by atoms with Crippen LogP contribution in [-0.2, 0) is 17.6 Å². The van der Waals surface area contributed by atoms with Crippen molar-refractivity contribution in [2.75, 3.05) is 19.5 Å². The highest BCUT2D eigenvalue weighted by Crippen LogP contribution is 2.30. The highest BCUT2D eigenvalue weighted by atomic mass is 16.5. The van der Waals surface area contributed by atoms with Crippen molar-refractivity contribution < 1.29 is 14.3 Å². The number of hydrogen-bond acceptors (Lipinski definition) is 4. The van der Waals surface area contributed by atoms with Crippen molar-refractivity contribution in [2.45, 2.75) is 19.3 Å². The van der Waals surface area contributed by atoms with Crippen LogP contribution in [0, 0.1) is 5.92 Å². The van der Waals surface area contributed by atoms with E-state index in [1.807, 2.05) is 0 Å². The molecule has 0 aliphatic heterocycles. The van der Waals surface area contributed by atoms with Crippen molar-refractivity contribution in [1.29, 1.82) is 0 Å². The van der Waals surface area contributed by atoms with Gasteiger partial charge >= 0.3 is 0 Å². The van der Waals surface area contributed by atoms with Gasteiger partial charge in [0.2, 0.25) is 5.91 Å². The fourth-order valence-electron chi connectivity index (χ4n) is 2.77. The monoisotopic (exact) mass is 301 g/mol. The van der Waals surface area contributed by atoms with Gasteiger partial charge in [-0.25, -0.2) is 4.98 Å². The molecule has 0 saturated heterocycles. The topological polar surface area (TPSA) is 76.2 Å². The van der Waals surface area contributed by atoms with Crippen LogP contribution in [0.25, 0.3) is 0 Å². The van der Waals surface area contributed by atoms with Gasteiger partial charge in [0, 0.05) is 24.1 Å². The van der Waals surface area contributed by atoms with Gasteiger partial charge in [-0.15, -0.1) is 0 Å². The standard InChI is InChI=1S/C16H19N3O3/c1-21-11-4-6-15(22-2)14(8-11)19-16(20)10-3-5-12-13(7-10)18-9-17-12/h4,6,8-10H,3,5,7H2,1-2H3,(H,17,18)(H,19,20). The van der Waals surface area contributed by atoms with E-state index in [2.05, 4.69) is 15.3 Å². The zero-order chi connectivity index (χ0) is 15.5. The van der Waals surface area contributed by atoms with Crippen molar-refractivity contribution >= 4 is 11.6 Å². The SMILES string of the molecule is COc1ccc(OC)c(NC(=O)C2CCc3nc[nH]c3C2)c1.